The molecule has 7 nitrogen and oxygen atoms in total. The van der Waals surface area contributed by atoms with Crippen molar-refractivity contribution in [1.29, 1.82) is 0 Å². The van der Waals surface area contributed by atoms with Crippen molar-refractivity contribution in [2.24, 2.45) is 0 Å². The number of hydrogen-bond donors (Lipinski definition) is 2. The molecular weight excluding hydrogens is 298 g/mol. The number of hydrogen-bond acceptors (Lipinski definition) is 4. The molecule has 0 aliphatic carbocycles. The fourth-order valence-electron chi connectivity index (χ4n) is 2.99. The van der Waals surface area contributed by atoms with Crippen LogP contribution in [-0.4, -0.2) is 54.0 Å². The fraction of sp³-hybridized carbons (Fsp3) is 0.438. The van der Waals surface area contributed by atoms with Crippen LogP contribution in [0.2, 0.25) is 0 Å². The van der Waals surface area contributed by atoms with Crippen molar-refractivity contribution >= 4 is 23.4 Å². The second-order valence-electron chi connectivity index (χ2n) is 5.73. The molecule has 0 unspecified atom stereocenters. The molecule has 1 aromatic carbocycles. The highest BCUT2D eigenvalue weighted by Crippen LogP contribution is 2.29. The van der Waals surface area contributed by atoms with E-state index >= 15 is 0 Å². The zero-order valence-electron chi connectivity index (χ0n) is 12.7. The summed E-state index contributed by atoms with van der Waals surface area (Å²) >= 11 is 0. The lowest BCUT2D eigenvalue weighted by molar-refractivity contribution is -0.122. The number of nitrogens with one attached hydrogen (secondary N) is 1. The van der Waals surface area contributed by atoms with Gasteiger partial charge in [0, 0.05) is 37.3 Å². The highest BCUT2D eigenvalue weighted by Gasteiger charge is 2.30. The average Bonchev–Trinajstić information content (AvgIpc) is 3.09. The molecule has 0 saturated carbocycles. The monoisotopic (exact) mass is 317 g/mol. The van der Waals surface area contributed by atoms with E-state index in [9.17, 15) is 14.4 Å². The van der Waals surface area contributed by atoms with Gasteiger partial charge in [-0.3, -0.25) is 14.4 Å². The number of anilines is 1. The van der Waals surface area contributed by atoms with Crippen LogP contribution in [0.25, 0.3) is 0 Å². The molecule has 0 aromatic heterocycles. The first-order valence-corrected chi connectivity index (χ1v) is 7.70. The van der Waals surface area contributed by atoms with E-state index in [0.29, 0.717) is 25.1 Å². The molecule has 2 heterocycles. The van der Waals surface area contributed by atoms with Gasteiger partial charge in [0.05, 0.1) is 6.61 Å². The third-order valence-electron chi connectivity index (χ3n) is 4.13. The maximum absolute atomic E-state index is 12.4. The Hall–Kier alpha value is -2.41. The topological polar surface area (TPSA) is 90.0 Å². The molecule has 1 fully saturated rings. The Balaban J connectivity index is 1.73. The Morgan fingerprint density at radius 1 is 1.30 bits per heavy atom. The lowest BCUT2D eigenvalue weighted by Crippen LogP contribution is -2.38. The largest absolute Gasteiger partial charge is 0.395 e. The molecular formula is C16H19N3O4. The number of rotatable bonds is 5. The van der Waals surface area contributed by atoms with Crippen LogP contribution < -0.4 is 10.2 Å². The molecule has 23 heavy (non-hydrogen) atoms. The van der Waals surface area contributed by atoms with Gasteiger partial charge in [-0.1, -0.05) is 6.07 Å². The number of aliphatic hydroxyl groups excluding tert-OH is 1. The molecule has 1 saturated heterocycles. The van der Waals surface area contributed by atoms with E-state index in [2.05, 4.69) is 5.32 Å². The molecule has 0 bridgehead atoms. The van der Waals surface area contributed by atoms with E-state index in [-0.39, 0.29) is 37.4 Å². The summed E-state index contributed by atoms with van der Waals surface area (Å²) in [7, 11) is 0. The van der Waals surface area contributed by atoms with E-state index in [0.717, 1.165) is 17.7 Å². The van der Waals surface area contributed by atoms with E-state index in [1.54, 1.807) is 11.0 Å². The quantitative estimate of drug-likeness (QED) is 0.792. The number of carbonyl (C=O) groups is 3. The zero-order valence-corrected chi connectivity index (χ0v) is 12.7. The molecule has 1 aromatic rings. The summed E-state index contributed by atoms with van der Waals surface area (Å²) in [5.74, 6) is -0.418. The molecule has 0 atom stereocenters. The first-order valence-electron chi connectivity index (χ1n) is 7.70. The van der Waals surface area contributed by atoms with Gasteiger partial charge in [0.15, 0.2) is 0 Å². The van der Waals surface area contributed by atoms with Crippen LogP contribution in [0, 0.1) is 0 Å². The van der Waals surface area contributed by atoms with E-state index in [1.807, 2.05) is 12.1 Å². The van der Waals surface area contributed by atoms with Crippen molar-refractivity contribution in [1.82, 2.24) is 10.2 Å². The molecule has 122 valence electrons. The van der Waals surface area contributed by atoms with Gasteiger partial charge in [0.1, 0.15) is 6.54 Å². The van der Waals surface area contributed by atoms with Crippen LogP contribution in [-0.2, 0) is 16.1 Å². The average molecular weight is 317 g/mol. The maximum Gasteiger partial charge on any atom is 0.255 e. The van der Waals surface area contributed by atoms with Crippen molar-refractivity contribution < 1.29 is 19.5 Å². The molecule has 3 amide bonds. The van der Waals surface area contributed by atoms with Crippen molar-refractivity contribution in [2.45, 2.75) is 19.4 Å². The van der Waals surface area contributed by atoms with Gasteiger partial charge < -0.3 is 20.2 Å². The van der Waals surface area contributed by atoms with Crippen LogP contribution in [0.5, 0.6) is 0 Å². The minimum atomic E-state index is -0.296. The van der Waals surface area contributed by atoms with Crippen molar-refractivity contribution in [3.63, 3.8) is 0 Å². The normalized spacial score (nSPS) is 16.9. The maximum atomic E-state index is 12.4. The highest BCUT2D eigenvalue weighted by atomic mass is 16.3. The summed E-state index contributed by atoms with van der Waals surface area (Å²) < 4.78 is 0. The smallest absolute Gasteiger partial charge is 0.255 e. The Kier molecular flexibility index (Phi) is 4.29. The summed E-state index contributed by atoms with van der Waals surface area (Å²) in [6.45, 7) is 1.07. The summed E-state index contributed by atoms with van der Waals surface area (Å²) in [6.07, 6.45) is 1.38. The van der Waals surface area contributed by atoms with Gasteiger partial charge in [-0.2, -0.15) is 0 Å². The Bertz CT molecular complexity index is 659. The second-order valence-corrected chi connectivity index (χ2v) is 5.73. The van der Waals surface area contributed by atoms with E-state index in [4.69, 9.17) is 5.11 Å². The van der Waals surface area contributed by atoms with Gasteiger partial charge in [-0.25, -0.2) is 0 Å². The van der Waals surface area contributed by atoms with Crippen LogP contribution >= 0.6 is 0 Å². The molecule has 0 radical (unpaired) electrons. The summed E-state index contributed by atoms with van der Waals surface area (Å²) in [5, 5.41) is 11.2. The molecule has 2 aliphatic rings. The predicted molar refractivity (Wildman–Crippen MR) is 82.9 cm³/mol. The van der Waals surface area contributed by atoms with E-state index < -0.39 is 0 Å². The van der Waals surface area contributed by atoms with Crippen LogP contribution in [0.1, 0.15) is 28.8 Å². The number of benzene rings is 1. The first-order chi connectivity index (χ1) is 11.1. The van der Waals surface area contributed by atoms with Crippen molar-refractivity contribution in [3.8, 4) is 0 Å². The fourth-order valence-corrected chi connectivity index (χ4v) is 2.99. The van der Waals surface area contributed by atoms with Crippen molar-refractivity contribution in [2.75, 3.05) is 31.1 Å². The van der Waals surface area contributed by atoms with Gasteiger partial charge in [0.2, 0.25) is 11.8 Å². The van der Waals surface area contributed by atoms with Crippen molar-refractivity contribution in [3.05, 3.63) is 29.3 Å². The minimum Gasteiger partial charge on any atom is -0.395 e. The minimum absolute atomic E-state index is 0.0362. The molecule has 2 aliphatic heterocycles. The lowest BCUT2D eigenvalue weighted by Gasteiger charge is -2.16. The van der Waals surface area contributed by atoms with Gasteiger partial charge in [0.25, 0.3) is 5.91 Å². The van der Waals surface area contributed by atoms with Gasteiger partial charge in [-0.05, 0) is 24.1 Å². The lowest BCUT2D eigenvalue weighted by atomic mass is 10.1. The second kappa shape index (κ2) is 6.37. The summed E-state index contributed by atoms with van der Waals surface area (Å²) in [4.78, 5) is 39.1. The standard InChI is InChI=1S/C16H19N3O4/c20-7-5-17-14(21)10-18-9-11-3-4-12(8-13(11)16(18)23)19-6-1-2-15(19)22/h3-4,8,20H,1-2,5-7,9-10H2,(H,17,21). The van der Waals surface area contributed by atoms with Gasteiger partial charge >= 0.3 is 0 Å². The third kappa shape index (κ3) is 3.05. The SMILES string of the molecule is O=C(CN1Cc2ccc(N3CCCC3=O)cc2C1=O)NCCO. The Morgan fingerprint density at radius 3 is 2.83 bits per heavy atom. The van der Waals surface area contributed by atoms with Crippen LogP contribution in [0.15, 0.2) is 18.2 Å². The number of aliphatic hydroxyl groups is 1. The zero-order chi connectivity index (χ0) is 16.4. The summed E-state index contributed by atoms with van der Waals surface area (Å²) in [6, 6.07) is 5.44. The van der Waals surface area contributed by atoms with E-state index in [1.165, 1.54) is 4.90 Å². The first kappa shape index (κ1) is 15.5. The molecule has 3 rings (SSSR count). The van der Waals surface area contributed by atoms with Gasteiger partial charge in [-0.15, -0.1) is 0 Å². The number of fused-ring (bicyclic) bond motifs is 1. The summed E-state index contributed by atoms with van der Waals surface area (Å²) in [5.41, 5.74) is 2.16. The number of amides is 3. The number of nitrogens with zero attached hydrogens (tertiary/aromatic N) is 2. The highest BCUT2D eigenvalue weighted by molar-refractivity contribution is 6.02. The number of carbonyl (C=O) groups excluding carboxylic acids is 3. The molecule has 0 spiro atoms. The Labute approximate surface area is 133 Å². The molecule has 2 N–H and O–H groups in total. The van der Waals surface area contributed by atoms with Crippen LogP contribution in [0.3, 0.4) is 0 Å². The van der Waals surface area contributed by atoms with Crippen LogP contribution in [0.4, 0.5) is 5.69 Å². The molecule has 7 heteroatoms. The predicted octanol–water partition coefficient (Wildman–Crippen LogP) is -0.122. The Morgan fingerprint density at radius 2 is 2.13 bits per heavy atom. The third-order valence-corrected chi connectivity index (χ3v) is 4.13.